The lowest BCUT2D eigenvalue weighted by Gasteiger charge is -1.92. The van der Waals surface area contributed by atoms with E-state index in [0.29, 0.717) is 10.6 Å². The molecule has 0 bridgehead atoms. The summed E-state index contributed by atoms with van der Waals surface area (Å²) in [4.78, 5) is 0.888. The van der Waals surface area contributed by atoms with Crippen LogP contribution >= 0.6 is 54.8 Å². The molecule has 1 aromatic heterocycles. The van der Waals surface area contributed by atoms with Crippen molar-refractivity contribution in [1.29, 1.82) is 5.26 Å². The molecule has 0 saturated heterocycles. The van der Waals surface area contributed by atoms with Gasteiger partial charge in [0.05, 0.1) is 14.9 Å². The standard InChI is InChI=1S/C8H4Br2ClNS/c1-4(3-12)7(11)6-2-5(9)8(10)13-6/h2H,1H3. The monoisotopic (exact) mass is 339 g/mol. The summed E-state index contributed by atoms with van der Waals surface area (Å²) < 4.78 is 1.93. The SMILES string of the molecule is CC(C#N)=C(Cl)c1cc(Br)c(Br)s1. The van der Waals surface area contributed by atoms with Crippen LogP contribution in [0.5, 0.6) is 0 Å². The zero-order valence-corrected chi connectivity index (χ0v) is 11.3. The Morgan fingerprint density at radius 2 is 2.23 bits per heavy atom. The van der Waals surface area contributed by atoms with Crippen LogP contribution in [0.2, 0.25) is 0 Å². The molecule has 0 radical (unpaired) electrons. The molecule has 1 nitrogen and oxygen atoms in total. The quantitative estimate of drug-likeness (QED) is 0.675. The molecule has 0 amide bonds. The molecule has 1 aromatic rings. The summed E-state index contributed by atoms with van der Waals surface area (Å²) in [6, 6.07) is 3.90. The molecule has 0 N–H and O–H groups in total. The minimum atomic E-state index is 0.513. The van der Waals surface area contributed by atoms with Crippen molar-refractivity contribution in [2.24, 2.45) is 0 Å². The van der Waals surface area contributed by atoms with Gasteiger partial charge in [-0.3, -0.25) is 0 Å². The van der Waals surface area contributed by atoms with Crippen LogP contribution in [0, 0.1) is 11.3 Å². The van der Waals surface area contributed by atoms with E-state index in [1.165, 1.54) is 11.3 Å². The van der Waals surface area contributed by atoms with Gasteiger partial charge in [0.2, 0.25) is 0 Å². The molecule has 13 heavy (non-hydrogen) atoms. The number of nitriles is 1. The van der Waals surface area contributed by atoms with Crippen LogP contribution in [0.3, 0.4) is 0 Å². The van der Waals surface area contributed by atoms with E-state index in [1.807, 2.05) is 12.1 Å². The number of nitrogens with zero attached hydrogens (tertiary/aromatic N) is 1. The molecule has 68 valence electrons. The van der Waals surface area contributed by atoms with E-state index in [1.54, 1.807) is 6.92 Å². The Morgan fingerprint density at radius 3 is 2.62 bits per heavy atom. The molecule has 5 heteroatoms. The van der Waals surface area contributed by atoms with Gasteiger partial charge in [0.15, 0.2) is 0 Å². The van der Waals surface area contributed by atoms with Crippen molar-refractivity contribution in [3.05, 3.63) is 24.8 Å². The normalized spacial score (nSPS) is 12.2. The number of halogens is 3. The molecule has 0 aliphatic rings. The number of hydrogen-bond acceptors (Lipinski definition) is 2. The first kappa shape index (κ1) is 11.3. The number of rotatable bonds is 1. The highest BCUT2D eigenvalue weighted by Crippen LogP contribution is 2.38. The maximum Gasteiger partial charge on any atom is 0.0960 e. The van der Waals surface area contributed by atoms with Gasteiger partial charge in [0.1, 0.15) is 0 Å². The lowest BCUT2D eigenvalue weighted by atomic mass is 10.3. The van der Waals surface area contributed by atoms with E-state index in [2.05, 4.69) is 31.9 Å². The van der Waals surface area contributed by atoms with Gasteiger partial charge < -0.3 is 0 Å². The van der Waals surface area contributed by atoms with Crippen LogP contribution < -0.4 is 0 Å². The highest BCUT2D eigenvalue weighted by atomic mass is 79.9. The molecule has 0 aromatic carbocycles. The minimum absolute atomic E-state index is 0.513. The van der Waals surface area contributed by atoms with E-state index >= 15 is 0 Å². The van der Waals surface area contributed by atoms with Crippen LogP contribution in [-0.2, 0) is 0 Å². The second-order valence-electron chi connectivity index (χ2n) is 2.28. The summed E-state index contributed by atoms with van der Waals surface area (Å²) in [6.45, 7) is 1.70. The smallest absolute Gasteiger partial charge is 0.0960 e. The Labute approximate surface area is 102 Å². The Hall–Kier alpha value is 0.180. The third-order valence-electron chi connectivity index (χ3n) is 1.36. The molecule has 0 fully saturated rings. The molecule has 0 saturated carbocycles. The largest absolute Gasteiger partial charge is 0.193 e. The van der Waals surface area contributed by atoms with Crippen molar-refractivity contribution < 1.29 is 0 Å². The molecule has 1 heterocycles. The fourth-order valence-corrected chi connectivity index (χ4v) is 2.93. The highest BCUT2D eigenvalue weighted by molar-refractivity contribution is 9.13. The van der Waals surface area contributed by atoms with Crippen molar-refractivity contribution in [3.63, 3.8) is 0 Å². The Morgan fingerprint density at radius 1 is 1.62 bits per heavy atom. The fraction of sp³-hybridized carbons (Fsp3) is 0.125. The maximum absolute atomic E-state index is 8.63. The number of thiophene rings is 1. The van der Waals surface area contributed by atoms with Crippen molar-refractivity contribution in [1.82, 2.24) is 0 Å². The van der Waals surface area contributed by atoms with Crippen molar-refractivity contribution in [3.8, 4) is 6.07 Å². The first-order chi connectivity index (χ1) is 6.06. The number of allylic oxidation sites excluding steroid dienone is 1. The zero-order chi connectivity index (χ0) is 10.0. The summed E-state index contributed by atoms with van der Waals surface area (Å²) >= 11 is 14.2. The minimum Gasteiger partial charge on any atom is -0.193 e. The molecule has 0 aliphatic carbocycles. The average molecular weight is 341 g/mol. The van der Waals surface area contributed by atoms with Crippen molar-refractivity contribution in [2.75, 3.05) is 0 Å². The summed E-state index contributed by atoms with van der Waals surface area (Å²) in [5.41, 5.74) is 0.530. The maximum atomic E-state index is 8.63. The third-order valence-corrected chi connectivity index (χ3v) is 5.23. The second-order valence-corrected chi connectivity index (χ2v) is 5.89. The second kappa shape index (κ2) is 4.61. The summed E-state index contributed by atoms with van der Waals surface area (Å²) in [6.07, 6.45) is 0. The zero-order valence-electron chi connectivity index (χ0n) is 6.57. The molecular formula is C8H4Br2ClNS. The van der Waals surface area contributed by atoms with Crippen molar-refractivity contribution in [2.45, 2.75) is 6.92 Å². The van der Waals surface area contributed by atoms with E-state index < -0.39 is 0 Å². The first-order valence-corrected chi connectivity index (χ1v) is 6.06. The van der Waals surface area contributed by atoms with E-state index in [0.717, 1.165) is 13.1 Å². The van der Waals surface area contributed by atoms with Crippen molar-refractivity contribution >= 4 is 59.8 Å². The third kappa shape index (κ3) is 2.57. The summed E-state index contributed by atoms with van der Waals surface area (Å²) in [5.74, 6) is 0. The van der Waals surface area contributed by atoms with Gasteiger partial charge in [0.25, 0.3) is 0 Å². The summed E-state index contributed by atoms with van der Waals surface area (Å²) in [7, 11) is 0. The Bertz CT molecular complexity index is 383. The molecule has 0 aliphatic heterocycles. The van der Waals surface area contributed by atoms with E-state index in [4.69, 9.17) is 16.9 Å². The topological polar surface area (TPSA) is 23.8 Å². The van der Waals surface area contributed by atoms with Crippen LogP contribution in [-0.4, -0.2) is 0 Å². The first-order valence-electron chi connectivity index (χ1n) is 3.28. The average Bonchev–Trinajstić information content (AvgIpc) is 2.44. The predicted octanol–water partition coefficient (Wildman–Crippen LogP) is 4.77. The summed E-state index contributed by atoms with van der Waals surface area (Å²) in [5, 5.41) is 9.14. The Balaban J connectivity index is 3.18. The fourth-order valence-electron chi connectivity index (χ4n) is 0.689. The van der Waals surface area contributed by atoms with Gasteiger partial charge in [-0.05, 0) is 44.8 Å². The van der Waals surface area contributed by atoms with Gasteiger partial charge in [-0.2, -0.15) is 5.26 Å². The van der Waals surface area contributed by atoms with E-state index in [9.17, 15) is 0 Å². The molecule has 1 rings (SSSR count). The number of hydrogen-bond donors (Lipinski definition) is 0. The lowest BCUT2D eigenvalue weighted by molar-refractivity contribution is 1.46. The highest BCUT2D eigenvalue weighted by Gasteiger charge is 2.09. The van der Waals surface area contributed by atoms with Gasteiger partial charge in [-0.15, -0.1) is 11.3 Å². The molecule has 0 atom stereocenters. The lowest BCUT2D eigenvalue weighted by Crippen LogP contribution is -1.73. The van der Waals surface area contributed by atoms with Gasteiger partial charge in [-0.25, -0.2) is 0 Å². The van der Waals surface area contributed by atoms with Crippen LogP contribution in [0.15, 0.2) is 19.9 Å². The van der Waals surface area contributed by atoms with E-state index in [-0.39, 0.29) is 0 Å². The molecule has 0 unspecified atom stereocenters. The Kier molecular flexibility index (Phi) is 3.99. The van der Waals surface area contributed by atoms with Crippen LogP contribution in [0.25, 0.3) is 5.03 Å². The van der Waals surface area contributed by atoms with Crippen LogP contribution in [0.4, 0.5) is 0 Å². The van der Waals surface area contributed by atoms with Gasteiger partial charge in [-0.1, -0.05) is 11.6 Å². The van der Waals surface area contributed by atoms with Gasteiger partial charge >= 0.3 is 0 Å². The molecule has 0 spiro atoms. The molecular weight excluding hydrogens is 337 g/mol. The predicted molar refractivity (Wildman–Crippen MR) is 63.8 cm³/mol. The van der Waals surface area contributed by atoms with Gasteiger partial charge in [0, 0.05) is 14.9 Å². The van der Waals surface area contributed by atoms with Crippen LogP contribution in [0.1, 0.15) is 11.8 Å².